The maximum atomic E-state index is 2.49. The number of hydrogen-bond donors (Lipinski definition) is 0. The Morgan fingerprint density at radius 3 is 1.23 bits per heavy atom. The van der Waals surface area contributed by atoms with E-state index in [1.165, 1.54) is 106 Å². The van der Waals surface area contributed by atoms with Crippen LogP contribution in [0.1, 0.15) is 0 Å². The van der Waals surface area contributed by atoms with E-state index in [4.69, 9.17) is 0 Å². The molecule has 0 aliphatic heterocycles. The van der Waals surface area contributed by atoms with Gasteiger partial charge in [-0.15, -0.1) is 22.7 Å². The molecule has 2 heterocycles. The fourth-order valence-corrected chi connectivity index (χ4v) is 10.8. The summed E-state index contributed by atoms with van der Waals surface area (Å²) in [5.41, 5.74) is 10.1. The molecule has 0 spiro atoms. The van der Waals surface area contributed by atoms with Gasteiger partial charge in [-0.1, -0.05) is 152 Å². The summed E-state index contributed by atoms with van der Waals surface area (Å²) in [6, 6.07) is 67.5. The number of rotatable bonds is 4. The van der Waals surface area contributed by atoms with Crippen LogP contribution in [0, 0.1) is 0 Å². The van der Waals surface area contributed by atoms with Gasteiger partial charge < -0.3 is 0 Å². The molecular weight excluding hydrogens is 665 g/mol. The molecule has 0 fully saturated rings. The molecule has 2 heteroatoms. The fraction of sp³-hybridized carbons (Fsp3) is 0. The van der Waals surface area contributed by atoms with E-state index in [2.05, 4.69) is 182 Å². The molecule has 2 aromatic heterocycles. The molecule has 0 radical (unpaired) electrons. The van der Waals surface area contributed by atoms with E-state index in [-0.39, 0.29) is 0 Å². The maximum absolute atomic E-state index is 2.49. The Morgan fingerprint density at radius 2 is 0.654 bits per heavy atom. The van der Waals surface area contributed by atoms with Crippen molar-refractivity contribution in [2.24, 2.45) is 0 Å². The van der Waals surface area contributed by atoms with Gasteiger partial charge in [-0.05, 0) is 96.4 Å². The number of thiophene rings is 2. The highest BCUT2D eigenvalue weighted by atomic mass is 32.1. The monoisotopic (exact) mass is 694 g/mol. The van der Waals surface area contributed by atoms with Crippen molar-refractivity contribution in [2.75, 3.05) is 0 Å². The van der Waals surface area contributed by atoms with Crippen LogP contribution in [-0.2, 0) is 0 Å². The van der Waals surface area contributed by atoms with Gasteiger partial charge in [0.25, 0.3) is 0 Å². The lowest BCUT2D eigenvalue weighted by Crippen LogP contribution is -1.93. The van der Waals surface area contributed by atoms with Crippen LogP contribution in [0.2, 0.25) is 0 Å². The van der Waals surface area contributed by atoms with Crippen molar-refractivity contribution in [1.29, 1.82) is 0 Å². The molecule has 0 aliphatic rings. The summed E-state index contributed by atoms with van der Waals surface area (Å²) >= 11 is 3.76. The van der Waals surface area contributed by atoms with Crippen molar-refractivity contribution in [1.82, 2.24) is 0 Å². The average Bonchev–Trinajstić information content (AvgIpc) is 3.79. The Morgan fingerprint density at radius 1 is 0.250 bits per heavy atom. The molecule has 0 nitrogen and oxygen atoms in total. The molecular formula is C50H30S2. The molecule has 0 amide bonds. The third-order valence-electron chi connectivity index (χ3n) is 10.7. The van der Waals surface area contributed by atoms with Gasteiger partial charge in [0.15, 0.2) is 0 Å². The van der Waals surface area contributed by atoms with Crippen molar-refractivity contribution in [3.8, 4) is 44.5 Å². The van der Waals surface area contributed by atoms with Gasteiger partial charge in [0.05, 0.1) is 0 Å². The summed E-state index contributed by atoms with van der Waals surface area (Å²) < 4.78 is 5.30. The number of fused-ring (bicyclic) bond motifs is 8. The maximum Gasteiger partial charge on any atom is 0.0361 e. The van der Waals surface area contributed by atoms with Crippen LogP contribution >= 0.6 is 22.7 Å². The van der Waals surface area contributed by atoms with Crippen LogP contribution in [0.25, 0.3) is 106 Å². The van der Waals surface area contributed by atoms with E-state index in [0.717, 1.165) is 0 Å². The van der Waals surface area contributed by atoms with E-state index < -0.39 is 0 Å². The van der Waals surface area contributed by atoms with Crippen molar-refractivity contribution in [2.45, 2.75) is 0 Å². The number of hydrogen-bond acceptors (Lipinski definition) is 2. The minimum atomic E-state index is 1.22. The topological polar surface area (TPSA) is 0 Å². The lowest BCUT2D eigenvalue weighted by Gasteiger charge is -2.20. The quantitative estimate of drug-likeness (QED) is 0.161. The second kappa shape index (κ2) is 11.7. The van der Waals surface area contributed by atoms with Gasteiger partial charge in [-0.2, -0.15) is 0 Å². The van der Waals surface area contributed by atoms with E-state index in [9.17, 15) is 0 Å². The van der Waals surface area contributed by atoms with Crippen molar-refractivity contribution in [3.05, 3.63) is 182 Å². The zero-order chi connectivity index (χ0) is 34.2. The summed E-state index contributed by atoms with van der Waals surface area (Å²) in [7, 11) is 0. The molecule has 0 unspecified atom stereocenters. The van der Waals surface area contributed by atoms with Crippen LogP contribution in [-0.4, -0.2) is 0 Å². The molecule has 52 heavy (non-hydrogen) atoms. The fourth-order valence-electron chi connectivity index (χ4n) is 8.50. The van der Waals surface area contributed by atoms with Gasteiger partial charge in [0.2, 0.25) is 0 Å². The van der Waals surface area contributed by atoms with Crippen molar-refractivity contribution in [3.63, 3.8) is 0 Å². The average molecular weight is 695 g/mol. The predicted molar refractivity (Wildman–Crippen MR) is 229 cm³/mol. The molecule has 0 aliphatic carbocycles. The van der Waals surface area contributed by atoms with E-state index in [1.807, 2.05) is 22.7 Å². The molecule has 0 atom stereocenters. The van der Waals surface area contributed by atoms with Gasteiger partial charge in [0.1, 0.15) is 0 Å². The predicted octanol–water partition coefficient (Wildman–Crippen LogP) is 15.4. The molecule has 0 saturated carbocycles. The highest BCUT2D eigenvalue weighted by Crippen LogP contribution is 2.49. The largest absolute Gasteiger partial charge is 0.135 e. The summed E-state index contributed by atoms with van der Waals surface area (Å²) in [6.07, 6.45) is 0. The van der Waals surface area contributed by atoms with E-state index in [0.29, 0.717) is 0 Å². The Hall–Kier alpha value is -6.06. The van der Waals surface area contributed by atoms with Crippen LogP contribution in [0.5, 0.6) is 0 Å². The Labute approximate surface area is 309 Å². The molecule has 9 aromatic carbocycles. The summed E-state index contributed by atoms with van der Waals surface area (Å²) in [5, 5.41) is 10.4. The first-order valence-electron chi connectivity index (χ1n) is 17.8. The third kappa shape index (κ3) is 4.45. The third-order valence-corrected chi connectivity index (χ3v) is 13.0. The highest BCUT2D eigenvalue weighted by molar-refractivity contribution is 7.26. The first-order valence-corrected chi connectivity index (χ1v) is 19.4. The normalized spacial score (nSPS) is 11.8. The minimum absolute atomic E-state index is 1.22. The summed E-state index contributed by atoms with van der Waals surface area (Å²) in [6.45, 7) is 0. The second-order valence-electron chi connectivity index (χ2n) is 13.5. The lowest BCUT2D eigenvalue weighted by molar-refractivity contribution is 1.61. The number of benzene rings is 9. The lowest BCUT2D eigenvalue weighted by atomic mass is 9.83. The highest BCUT2D eigenvalue weighted by Gasteiger charge is 2.21. The molecule has 0 N–H and O–H groups in total. The van der Waals surface area contributed by atoms with E-state index in [1.54, 1.807) is 0 Å². The molecule has 0 bridgehead atoms. The first kappa shape index (κ1) is 29.6. The standard InChI is InChI=1S/C50H30S2/c1-2-14-31(15-3-1)32-16-4-5-17-35(32)48-38-22-10-20-33(36-24-12-28-46-49(36)40-18-6-8-26-44(40)51-46)42(38)30-43-34(21-11-23-39(43)48)37-25-13-29-47-50(37)41-19-7-9-27-45(41)52-47/h1-30H. The van der Waals surface area contributed by atoms with Gasteiger partial charge in [-0.25, -0.2) is 0 Å². The zero-order valence-electron chi connectivity index (χ0n) is 28.1. The van der Waals surface area contributed by atoms with Gasteiger partial charge in [0, 0.05) is 40.3 Å². The molecule has 0 saturated heterocycles. The summed E-state index contributed by atoms with van der Waals surface area (Å²) in [5.74, 6) is 0. The minimum Gasteiger partial charge on any atom is -0.135 e. The van der Waals surface area contributed by atoms with Crippen molar-refractivity contribution >= 4 is 84.6 Å². The Bertz CT molecular complexity index is 3010. The zero-order valence-corrected chi connectivity index (χ0v) is 29.8. The Kier molecular flexibility index (Phi) is 6.70. The Balaban J connectivity index is 1.31. The smallest absolute Gasteiger partial charge is 0.0361 e. The van der Waals surface area contributed by atoms with Gasteiger partial charge in [-0.3, -0.25) is 0 Å². The van der Waals surface area contributed by atoms with Crippen LogP contribution < -0.4 is 0 Å². The SMILES string of the molecule is c1ccc(-c2ccccc2-c2c3cccc(-c4cccc5sc6ccccc6c45)c3cc3c(-c4cccc5sc6ccccc6c45)cccc23)cc1. The van der Waals surface area contributed by atoms with Gasteiger partial charge >= 0.3 is 0 Å². The van der Waals surface area contributed by atoms with Crippen molar-refractivity contribution < 1.29 is 0 Å². The molecule has 11 rings (SSSR count). The first-order chi connectivity index (χ1) is 25.8. The van der Waals surface area contributed by atoms with Crippen LogP contribution in [0.4, 0.5) is 0 Å². The molecule has 242 valence electrons. The van der Waals surface area contributed by atoms with E-state index >= 15 is 0 Å². The summed E-state index contributed by atoms with van der Waals surface area (Å²) in [4.78, 5) is 0. The second-order valence-corrected chi connectivity index (χ2v) is 15.7. The van der Waals surface area contributed by atoms with Crippen LogP contribution in [0.3, 0.4) is 0 Å². The van der Waals surface area contributed by atoms with Crippen LogP contribution in [0.15, 0.2) is 182 Å². The molecule has 11 aromatic rings.